The smallest absolute Gasteiger partial charge is 0.165 e. The molecule has 0 unspecified atom stereocenters. The highest BCUT2D eigenvalue weighted by Crippen LogP contribution is 2.32. The van der Waals surface area contributed by atoms with Crippen molar-refractivity contribution >= 4 is 15.9 Å². The first kappa shape index (κ1) is 23.2. The van der Waals surface area contributed by atoms with Crippen LogP contribution in [0.25, 0.3) is 0 Å². The Kier molecular flexibility index (Phi) is 7.68. The van der Waals surface area contributed by atoms with E-state index in [9.17, 15) is 8.78 Å². The third-order valence-corrected chi connectivity index (χ3v) is 5.40. The number of benzene rings is 3. The van der Waals surface area contributed by atoms with Crippen LogP contribution in [0.4, 0.5) is 8.78 Å². The molecule has 0 bridgehead atoms. The van der Waals surface area contributed by atoms with E-state index in [2.05, 4.69) is 29.8 Å². The van der Waals surface area contributed by atoms with E-state index in [-0.39, 0.29) is 17.0 Å². The minimum atomic E-state index is -0.493. The van der Waals surface area contributed by atoms with Crippen molar-refractivity contribution in [2.75, 3.05) is 13.2 Å². The molecule has 0 atom stereocenters. The number of ether oxygens (including phenoxy) is 3. The zero-order chi connectivity index (χ0) is 22.4. The summed E-state index contributed by atoms with van der Waals surface area (Å²) in [5.74, 6) is 0.371. The summed E-state index contributed by atoms with van der Waals surface area (Å²) in [6.07, 6.45) is 0. The molecule has 31 heavy (non-hydrogen) atoms. The fourth-order valence-electron chi connectivity index (χ4n) is 3.05. The molecule has 0 saturated heterocycles. The normalized spacial score (nSPS) is 11.4. The van der Waals surface area contributed by atoms with Gasteiger partial charge in [-0.05, 0) is 82.5 Å². The van der Waals surface area contributed by atoms with Crippen molar-refractivity contribution in [3.63, 3.8) is 0 Å². The van der Waals surface area contributed by atoms with E-state index in [1.165, 1.54) is 30.3 Å². The second-order valence-electron chi connectivity index (χ2n) is 7.78. The molecule has 6 heteroatoms. The maximum absolute atomic E-state index is 14.1. The quantitative estimate of drug-likeness (QED) is 0.312. The van der Waals surface area contributed by atoms with Gasteiger partial charge in [-0.2, -0.15) is 0 Å². The van der Waals surface area contributed by atoms with Crippen LogP contribution in [0.2, 0.25) is 0 Å². The van der Waals surface area contributed by atoms with Crippen molar-refractivity contribution in [2.45, 2.75) is 32.8 Å². The van der Waals surface area contributed by atoms with Crippen molar-refractivity contribution < 1.29 is 23.0 Å². The molecule has 0 aliphatic rings. The van der Waals surface area contributed by atoms with E-state index in [0.717, 1.165) is 21.3 Å². The first-order valence-corrected chi connectivity index (χ1v) is 10.8. The van der Waals surface area contributed by atoms with Crippen LogP contribution < -0.4 is 9.47 Å². The van der Waals surface area contributed by atoms with Crippen LogP contribution in [-0.4, -0.2) is 13.2 Å². The molecule has 0 heterocycles. The van der Waals surface area contributed by atoms with Crippen LogP contribution in [0.3, 0.4) is 0 Å². The van der Waals surface area contributed by atoms with Gasteiger partial charge in [-0.1, -0.05) is 26.0 Å². The molecule has 0 aliphatic heterocycles. The monoisotopic (exact) mass is 490 g/mol. The summed E-state index contributed by atoms with van der Waals surface area (Å²) in [6.45, 7) is 7.53. The van der Waals surface area contributed by atoms with Crippen molar-refractivity contribution in [1.82, 2.24) is 0 Å². The summed E-state index contributed by atoms with van der Waals surface area (Å²) in [5, 5.41) is 0. The van der Waals surface area contributed by atoms with Crippen LogP contribution in [0.1, 0.15) is 31.9 Å². The Hall–Kier alpha value is -2.44. The van der Waals surface area contributed by atoms with Gasteiger partial charge >= 0.3 is 0 Å². The second kappa shape index (κ2) is 10.2. The molecule has 0 fully saturated rings. The van der Waals surface area contributed by atoms with Crippen molar-refractivity contribution in [1.29, 1.82) is 0 Å². The maximum Gasteiger partial charge on any atom is 0.165 e. The first-order valence-electron chi connectivity index (χ1n) is 10.0. The van der Waals surface area contributed by atoms with Gasteiger partial charge in [-0.25, -0.2) is 8.78 Å². The number of hydrogen-bond donors (Lipinski definition) is 0. The molecule has 3 aromatic rings. The minimum absolute atomic E-state index is 0.0717. The third-order valence-electron chi connectivity index (χ3n) is 4.78. The Bertz CT molecular complexity index is 1020. The predicted octanol–water partition coefficient (Wildman–Crippen LogP) is 7.41. The molecule has 0 aromatic heterocycles. The lowest BCUT2D eigenvalue weighted by Crippen LogP contribution is -2.24. The number of hydrogen-bond acceptors (Lipinski definition) is 3. The van der Waals surface area contributed by atoms with Gasteiger partial charge in [0.1, 0.15) is 17.3 Å². The Balaban J connectivity index is 1.63. The van der Waals surface area contributed by atoms with Crippen molar-refractivity contribution in [3.05, 3.63) is 87.9 Å². The largest absolute Gasteiger partial charge is 0.493 e. The lowest BCUT2D eigenvalue weighted by molar-refractivity contribution is 0.0823. The topological polar surface area (TPSA) is 27.7 Å². The fourth-order valence-corrected chi connectivity index (χ4v) is 3.54. The molecule has 3 aromatic carbocycles. The third kappa shape index (κ3) is 6.28. The standard InChI is InChI=1S/C25H25BrF2O3/c1-4-30-23-12-6-18(14-21(23)26)25(2,3)16-29-15-17-5-11-22(28)24(13-17)31-20-9-7-19(27)8-10-20/h5-14H,4,15-16H2,1-3H3. The zero-order valence-electron chi connectivity index (χ0n) is 17.8. The predicted molar refractivity (Wildman–Crippen MR) is 121 cm³/mol. The highest BCUT2D eigenvalue weighted by molar-refractivity contribution is 9.10. The molecule has 3 rings (SSSR count). The van der Waals surface area contributed by atoms with Gasteiger partial charge in [0.25, 0.3) is 0 Å². The van der Waals surface area contributed by atoms with Gasteiger partial charge in [0.05, 0.1) is 24.3 Å². The zero-order valence-corrected chi connectivity index (χ0v) is 19.3. The Morgan fingerprint density at radius 2 is 1.65 bits per heavy atom. The Morgan fingerprint density at radius 1 is 0.903 bits per heavy atom. The summed E-state index contributed by atoms with van der Waals surface area (Å²) in [6, 6.07) is 16.1. The highest BCUT2D eigenvalue weighted by Gasteiger charge is 2.22. The van der Waals surface area contributed by atoms with Crippen molar-refractivity contribution in [3.8, 4) is 17.2 Å². The van der Waals surface area contributed by atoms with Crippen LogP contribution in [0, 0.1) is 11.6 Å². The Labute approximate surface area is 190 Å². The van der Waals surface area contributed by atoms with E-state index in [0.29, 0.717) is 25.6 Å². The van der Waals surface area contributed by atoms with Crippen LogP contribution in [0.5, 0.6) is 17.2 Å². The molecule has 164 valence electrons. The second-order valence-corrected chi connectivity index (χ2v) is 8.63. The number of rotatable bonds is 9. The maximum atomic E-state index is 14.1. The lowest BCUT2D eigenvalue weighted by Gasteiger charge is -2.26. The van der Waals surface area contributed by atoms with E-state index in [1.807, 2.05) is 25.1 Å². The molecule has 0 aliphatic carbocycles. The lowest BCUT2D eigenvalue weighted by atomic mass is 9.85. The van der Waals surface area contributed by atoms with E-state index < -0.39 is 5.82 Å². The summed E-state index contributed by atoms with van der Waals surface area (Å²) < 4.78 is 45.2. The van der Waals surface area contributed by atoms with Gasteiger partial charge in [-0.15, -0.1) is 0 Å². The summed E-state index contributed by atoms with van der Waals surface area (Å²) in [5.41, 5.74) is 1.66. The van der Waals surface area contributed by atoms with Gasteiger partial charge < -0.3 is 14.2 Å². The summed E-state index contributed by atoms with van der Waals surface area (Å²) >= 11 is 3.56. The molecule has 0 amide bonds. The SMILES string of the molecule is CCOc1ccc(C(C)(C)COCc2ccc(F)c(Oc3ccc(F)cc3)c2)cc1Br. The van der Waals surface area contributed by atoms with Crippen LogP contribution in [0.15, 0.2) is 65.1 Å². The minimum Gasteiger partial charge on any atom is -0.493 e. The van der Waals surface area contributed by atoms with Gasteiger partial charge in [0, 0.05) is 5.41 Å². The van der Waals surface area contributed by atoms with Crippen LogP contribution in [-0.2, 0) is 16.8 Å². The molecule has 3 nitrogen and oxygen atoms in total. The van der Waals surface area contributed by atoms with Gasteiger partial charge in [0.2, 0.25) is 0 Å². The molecule has 0 N–H and O–H groups in total. The van der Waals surface area contributed by atoms with E-state index in [4.69, 9.17) is 14.2 Å². The first-order chi connectivity index (χ1) is 14.8. The summed E-state index contributed by atoms with van der Waals surface area (Å²) in [4.78, 5) is 0. The van der Waals surface area contributed by atoms with Gasteiger partial charge in [0.15, 0.2) is 11.6 Å². The molecule has 0 spiro atoms. The van der Waals surface area contributed by atoms with Gasteiger partial charge in [-0.3, -0.25) is 0 Å². The van der Waals surface area contributed by atoms with E-state index >= 15 is 0 Å². The number of halogens is 3. The molecule has 0 radical (unpaired) electrons. The molecule has 0 saturated carbocycles. The van der Waals surface area contributed by atoms with E-state index in [1.54, 1.807) is 12.1 Å². The summed E-state index contributed by atoms with van der Waals surface area (Å²) in [7, 11) is 0. The van der Waals surface area contributed by atoms with Crippen molar-refractivity contribution in [2.24, 2.45) is 0 Å². The molecular formula is C25H25BrF2O3. The fraction of sp³-hybridized carbons (Fsp3) is 0.280. The average Bonchev–Trinajstić information content (AvgIpc) is 2.73. The van der Waals surface area contributed by atoms with Crippen LogP contribution >= 0.6 is 15.9 Å². The highest BCUT2D eigenvalue weighted by atomic mass is 79.9. The average molecular weight is 491 g/mol. The Morgan fingerprint density at radius 3 is 2.32 bits per heavy atom. The molecular weight excluding hydrogens is 466 g/mol.